The van der Waals surface area contributed by atoms with Gasteiger partial charge in [0.05, 0.1) is 25.2 Å². The Morgan fingerprint density at radius 1 is 1.16 bits per heavy atom. The molecule has 1 heterocycles. The first-order valence-corrected chi connectivity index (χ1v) is 8.57. The van der Waals surface area contributed by atoms with Crippen molar-refractivity contribution in [2.24, 2.45) is 40.6 Å². The van der Waals surface area contributed by atoms with E-state index in [1.807, 2.05) is 0 Å². The average Bonchev–Trinajstić information content (AvgIpc) is 3.40. The number of phenols is 1. The van der Waals surface area contributed by atoms with Crippen LogP contribution in [0.5, 0.6) is 11.5 Å². The molecule has 6 atom stereocenters. The lowest BCUT2D eigenvalue weighted by Crippen LogP contribution is -2.40. The van der Waals surface area contributed by atoms with Crippen molar-refractivity contribution in [3.8, 4) is 11.5 Å². The van der Waals surface area contributed by atoms with Gasteiger partial charge in [-0.15, -0.1) is 0 Å². The summed E-state index contributed by atoms with van der Waals surface area (Å²) in [6.07, 6.45) is 6.75. The lowest BCUT2D eigenvalue weighted by atomic mass is 9.63. The Hall–Kier alpha value is -2.63. The molecule has 6 nitrogen and oxygen atoms in total. The topological polar surface area (TPSA) is 79.2 Å². The van der Waals surface area contributed by atoms with Crippen LogP contribution in [-0.2, 0) is 9.59 Å². The number of nitrogens with zero attached hydrogens (tertiary/aromatic N) is 2. The Balaban J connectivity index is 1.45. The average molecular weight is 338 g/mol. The summed E-state index contributed by atoms with van der Waals surface area (Å²) in [5, 5.41) is 15.1. The van der Waals surface area contributed by atoms with Crippen molar-refractivity contribution in [2.45, 2.75) is 6.42 Å². The van der Waals surface area contributed by atoms with E-state index in [1.165, 1.54) is 19.4 Å². The first kappa shape index (κ1) is 14.7. The summed E-state index contributed by atoms with van der Waals surface area (Å²) < 4.78 is 5.13. The van der Waals surface area contributed by atoms with Crippen LogP contribution < -0.4 is 4.74 Å². The molecule has 0 aromatic heterocycles. The normalized spacial score (nSPS) is 37.6. The van der Waals surface area contributed by atoms with E-state index in [0.717, 1.165) is 11.4 Å². The van der Waals surface area contributed by atoms with Crippen molar-refractivity contribution in [3.05, 3.63) is 35.9 Å². The van der Waals surface area contributed by atoms with Gasteiger partial charge in [-0.2, -0.15) is 10.1 Å². The maximum atomic E-state index is 12.8. The van der Waals surface area contributed by atoms with Crippen LogP contribution in [0.4, 0.5) is 0 Å². The second-order valence-corrected chi connectivity index (χ2v) is 7.31. The van der Waals surface area contributed by atoms with Gasteiger partial charge in [-0.3, -0.25) is 9.59 Å². The molecule has 6 rings (SSSR count). The highest BCUT2D eigenvalue weighted by molar-refractivity contribution is 6.06. The molecule has 1 saturated heterocycles. The van der Waals surface area contributed by atoms with Crippen LogP contribution in [-0.4, -0.2) is 35.3 Å². The van der Waals surface area contributed by atoms with Gasteiger partial charge in [-0.05, 0) is 48.3 Å². The van der Waals surface area contributed by atoms with E-state index >= 15 is 0 Å². The number of hydrazone groups is 1. The molecule has 5 aliphatic rings. The summed E-state index contributed by atoms with van der Waals surface area (Å²) in [7, 11) is 1.53. The summed E-state index contributed by atoms with van der Waals surface area (Å²) in [6, 6.07) is 4.73. The van der Waals surface area contributed by atoms with E-state index in [2.05, 4.69) is 17.3 Å². The number of imide groups is 1. The minimum atomic E-state index is -0.262. The van der Waals surface area contributed by atoms with Crippen molar-refractivity contribution in [2.75, 3.05) is 7.11 Å². The molecule has 1 aliphatic heterocycles. The van der Waals surface area contributed by atoms with Crippen molar-refractivity contribution in [1.82, 2.24) is 5.01 Å². The lowest BCUT2D eigenvalue weighted by molar-refractivity contribution is -0.140. The summed E-state index contributed by atoms with van der Waals surface area (Å²) in [5.41, 5.74) is 0.402. The lowest BCUT2D eigenvalue weighted by Gasteiger charge is -2.37. The summed E-state index contributed by atoms with van der Waals surface area (Å²) in [4.78, 5) is 25.6. The molecule has 1 N–H and O–H groups in total. The fourth-order valence-corrected chi connectivity index (χ4v) is 4.94. The van der Waals surface area contributed by atoms with Gasteiger partial charge < -0.3 is 9.84 Å². The third-order valence-electron chi connectivity index (χ3n) is 6.19. The number of aromatic hydroxyl groups is 1. The van der Waals surface area contributed by atoms with Gasteiger partial charge in [0.1, 0.15) is 11.5 Å². The summed E-state index contributed by atoms with van der Waals surface area (Å²) in [6.45, 7) is 0. The van der Waals surface area contributed by atoms with Crippen molar-refractivity contribution in [1.29, 1.82) is 0 Å². The highest BCUT2D eigenvalue weighted by Gasteiger charge is 2.67. The summed E-state index contributed by atoms with van der Waals surface area (Å²) in [5.74, 6) is 1.14. The molecular formula is C19H18N2O4. The van der Waals surface area contributed by atoms with Gasteiger partial charge in [-0.25, -0.2) is 0 Å². The maximum Gasteiger partial charge on any atom is 0.254 e. The molecule has 2 bridgehead atoms. The molecule has 25 heavy (non-hydrogen) atoms. The number of allylic oxidation sites excluding steroid dienone is 2. The second-order valence-electron chi connectivity index (χ2n) is 7.31. The first-order chi connectivity index (χ1) is 12.1. The minimum Gasteiger partial charge on any atom is -0.507 e. The number of methoxy groups -OCH3 is 1. The monoisotopic (exact) mass is 338 g/mol. The maximum absolute atomic E-state index is 12.8. The predicted octanol–water partition coefficient (Wildman–Crippen LogP) is 1.79. The van der Waals surface area contributed by atoms with Crippen molar-refractivity contribution >= 4 is 18.0 Å². The smallest absolute Gasteiger partial charge is 0.254 e. The molecule has 128 valence electrons. The Labute approximate surface area is 144 Å². The number of hydrogen-bond donors (Lipinski definition) is 1. The van der Waals surface area contributed by atoms with Crippen LogP contribution >= 0.6 is 0 Å². The molecule has 0 spiro atoms. The molecule has 1 aromatic carbocycles. The highest BCUT2D eigenvalue weighted by Crippen LogP contribution is 2.65. The quantitative estimate of drug-likeness (QED) is 0.518. The number of benzene rings is 1. The molecule has 2 saturated carbocycles. The third kappa shape index (κ3) is 1.94. The van der Waals surface area contributed by atoms with E-state index in [1.54, 1.807) is 12.1 Å². The standard InChI is InChI=1S/C19H18N2O4/c1-25-10-2-5-15(22)9(6-10)8-20-21-18(23)16-11-3-4-12(14-7-13(11)14)17(16)19(21)24/h2-6,8,11-14,16-17,22H,7H2,1H3/b20-8-/t11-,12-,13-,14-,16+,17+/m0/s1. The number of carbonyl (C=O) groups excluding carboxylic acids is 2. The van der Waals surface area contributed by atoms with E-state index in [4.69, 9.17) is 4.74 Å². The zero-order valence-electron chi connectivity index (χ0n) is 13.7. The van der Waals surface area contributed by atoms with Crippen molar-refractivity contribution in [3.63, 3.8) is 0 Å². The molecule has 0 unspecified atom stereocenters. The molecule has 0 radical (unpaired) electrons. The molecular weight excluding hydrogens is 320 g/mol. The van der Waals surface area contributed by atoms with Crippen molar-refractivity contribution < 1.29 is 19.4 Å². The van der Waals surface area contributed by atoms with Crippen LogP contribution in [0, 0.1) is 35.5 Å². The van der Waals surface area contributed by atoms with Crippen LogP contribution in [0.2, 0.25) is 0 Å². The van der Waals surface area contributed by atoms with E-state index in [0.29, 0.717) is 23.1 Å². The molecule has 1 aromatic rings. The van der Waals surface area contributed by atoms with Gasteiger partial charge in [-0.1, -0.05) is 12.2 Å². The van der Waals surface area contributed by atoms with Gasteiger partial charge in [0.25, 0.3) is 11.8 Å². The fraction of sp³-hybridized carbons (Fsp3) is 0.421. The van der Waals surface area contributed by atoms with E-state index in [9.17, 15) is 14.7 Å². The zero-order chi connectivity index (χ0) is 17.3. The second kappa shape index (κ2) is 4.94. The summed E-state index contributed by atoms with van der Waals surface area (Å²) >= 11 is 0. The number of hydrogen-bond acceptors (Lipinski definition) is 5. The predicted molar refractivity (Wildman–Crippen MR) is 88.8 cm³/mol. The minimum absolute atomic E-state index is 0.0176. The van der Waals surface area contributed by atoms with Gasteiger partial charge in [0.2, 0.25) is 0 Å². The van der Waals surface area contributed by atoms with Crippen LogP contribution in [0.15, 0.2) is 35.5 Å². The molecule has 2 amide bonds. The van der Waals surface area contributed by atoms with Crippen LogP contribution in [0.3, 0.4) is 0 Å². The fourth-order valence-electron chi connectivity index (χ4n) is 4.94. The molecule has 6 heteroatoms. The zero-order valence-corrected chi connectivity index (χ0v) is 13.7. The first-order valence-electron chi connectivity index (χ1n) is 8.57. The van der Waals surface area contributed by atoms with Gasteiger partial charge in [0, 0.05) is 5.56 Å². The Kier molecular flexibility index (Phi) is 2.90. The van der Waals surface area contributed by atoms with Crippen LogP contribution in [0.25, 0.3) is 0 Å². The van der Waals surface area contributed by atoms with E-state index in [-0.39, 0.29) is 41.2 Å². The Bertz CT molecular complexity index is 810. The van der Waals surface area contributed by atoms with Crippen LogP contribution in [0.1, 0.15) is 12.0 Å². The largest absolute Gasteiger partial charge is 0.507 e. The SMILES string of the molecule is COc1ccc(O)c(/C=N\N2C(=O)[C@@H]3[C@H]4C=C[C@@H]([C@@H]5C[C@@H]45)[C@H]3C2=O)c1. The Morgan fingerprint density at radius 2 is 1.80 bits per heavy atom. The van der Waals surface area contributed by atoms with E-state index < -0.39 is 0 Å². The number of carbonyl (C=O) groups is 2. The van der Waals surface area contributed by atoms with Gasteiger partial charge in [0.15, 0.2) is 0 Å². The number of rotatable bonds is 3. The van der Waals surface area contributed by atoms with Gasteiger partial charge >= 0.3 is 0 Å². The molecule has 4 aliphatic carbocycles. The number of amides is 2. The highest BCUT2D eigenvalue weighted by atomic mass is 16.5. The third-order valence-corrected chi connectivity index (χ3v) is 6.19. The molecule has 3 fully saturated rings. The number of ether oxygens (including phenoxy) is 1. The Morgan fingerprint density at radius 3 is 2.40 bits per heavy atom. The number of phenolic OH excluding ortho intramolecular Hbond substituents is 1.